The number of aryl methyl sites for hydroxylation is 1. The summed E-state index contributed by atoms with van der Waals surface area (Å²) in [7, 11) is 0. The zero-order chi connectivity index (χ0) is 13.8. The van der Waals surface area contributed by atoms with Gasteiger partial charge in [0.15, 0.2) is 0 Å². The summed E-state index contributed by atoms with van der Waals surface area (Å²) in [5.74, 6) is 0.353. The Labute approximate surface area is 111 Å². The van der Waals surface area contributed by atoms with E-state index in [1.165, 1.54) is 6.20 Å². The van der Waals surface area contributed by atoms with Crippen LogP contribution in [0.5, 0.6) is 11.6 Å². The molecule has 4 heteroatoms. The quantitative estimate of drug-likeness (QED) is 0.914. The second-order valence-corrected chi connectivity index (χ2v) is 4.38. The summed E-state index contributed by atoms with van der Waals surface area (Å²) in [5.41, 5.74) is 2.87. The number of carboxylic acids is 1. The van der Waals surface area contributed by atoms with Crippen molar-refractivity contribution >= 4 is 5.97 Å². The van der Waals surface area contributed by atoms with E-state index in [1.54, 1.807) is 12.1 Å². The highest BCUT2D eigenvalue weighted by Crippen LogP contribution is 2.25. The molecular formula is C15H15NO3. The average molecular weight is 257 g/mol. The van der Waals surface area contributed by atoms with Gasteiger partial charge in [-0.2, -0.15) is 0 Å². The van der Waals surface area contributed by atoms with E-state index in [2.05, 4.69) is 4.98 Å². The maximum atomic E-state index is 10.6. The molecule has 19 heavy (non-hydrogen) atoms. The SMILES string of the molecule is Cc1cccc(Oc2ccc(CC(=O)O)cn2)c1C. The fourth-order valence-corrected chi connectivity index (χ4v) is 1.70. The lowest BCUT2D eigenvalue weighted by atomic mass is 10.1. The molecule has 0 fully saturated rings. The summed E-state index contributed by atoms with van der Waals surface area (Å²) >= 11 is 0. The maximum Gasteiger partial charge on any atom is 0.307 e. The van der Waals surface area contributed by atoms with Crippen molar-refractivity contribution in [2.75, 3.05) is 0 Å². The van der Waals surface area contributed by atoms with Crippen LogP contribution in [0.25, 0.3) is 0 Å². The van der Waals surface area contributed by atoms with Crippen LogP contribution in [0.15, 0.2) is 36.5 Å². The van der Waals surface area contributed by atoms with Crippen molar-refractivity contribution in [3.05, 3.63) is 53.2 Å². The predicted octanol–water partition coefficient (Wildman–Crippen LogP) is 3.12. The van der Waals surface area contributed by atoms with Gasteiger partial charge in [-0.25, -0.2) is 4.98 Å². The van der Waals surface area contributed by atoms with Gasteiger partial charge in [-0.15, -0.1) is 0 Å². The Hall–Kier alpha value is -2.36. The minimum Gasteiger partial charge on any atom is -0.481 e. The molecule has 0 amide bonds. The first-order valence-electron chi connectivity index (χ1n) is 5.97. The Morgan fingerprint density at radius 3 is 2.68 bits per heavy atom. The summed E-state index contributed by atoms with van der Waals surface area (Å²) in [6.45, 7) is 4.01. The van der Waals surface area contributed by atoms with Crippen LogP contribution in [0.2, 0.25) is 0 Å². The van der Waals surface area contributed by atoms with Gasteiger partial charge >= 0.3 is 5.97 Å². The van der Waals surface area contributed by atoms with Crippen LogP contribution in [-0.4, -0.2) is 16.1 Å². The van der Waals surface area contributed by atoms with Crippen molar-refractivity contribution in [2.45, 2.75) is 20.3 Å². The Balaban J connectivity index is 2.15. The van der Waals surface area contributed by atoms with Gasteiger partial charge in [-0.3, -0.25) is 4.79 Å². The second-order valence-electron chi connectivity index (χ2n) is 4.38. The fraction of sp³-hybridized carbons (Fsp3) is 0.200. The molecule has 98 valence electrons. The summed E-state index contributed by atoms with van der Waals surface area (Å²) < 4.78 is 5.69. The van der Waals surface area contributed by atoms with Crippen LogP contribution in [-0.2, 0) is 11.2 Å². The van der Waals surface area contributed by atoms with Gasteiger partial charge in [-0.05, 0) is 36.6 Å². The molecular weight excluding hydrogens is 242 g/mol. The molecule has 4 nitrogen and oxygen atoms in total. The number of aliphatic carboxylic acids is 1. The third-order valence-corrected chi connectivity index (χ3v) is 2.92. The van der Waals surface area contributed by atoms with E-state index in [4.69, 9.17) is 9.84 Å². The summed E-state index contributed by atoms with van der Waals surface area (Å²) in [5, 5.41) is 8.68. The largest absolute Gasteiger partial charge is 0.481 e. The van der Waals surface area contributed by atoms with Crippen molar-refractivity contribution in [2.24, 2.45) is 0 Å². The van der Waals surface area contributed by atoms with Crippen molar-refractivity contribution < 1.29 is 14.6 Å². The number of ether oxygens (including phenoxy) is 1. The molecule has 1 N–H and O–H groups in total. The van der Waals surface area contributed by atoms with E-state index in [9.17, 15) is 4.79 Å². The number of hydrogen-bond donors (Lipinski definition) is 1. The van der Waals surface area contributed by atoms with E-state index in [0.717, 1.165) is 16.9 Å². The van der Waals surface area contributed by atoms with Gasteiger partial charge in [0.25, 0.3) is 0 Å². The zero-order valence-corrected chi connectivity index (χ0v) is 10.9. The van der Waals surface area contributed by atoms with Gasteiger partial charge in [-0.1, -0.05) is 18.2 Å². The van der Waals surface area contributed by atoms with Gasteiger partial charge < -0.3 is 9.84 Å². The highest BCUT2D eigenvalue weighted by atomic mass is 16.5. The number of aromatic nitrogens is 1. The van der Waals surface area contributed by atoms with Gasteiger partial charge in [0.05, 0.1) is 6.42 Å². The number of carbonyl (C=O) groups is 1. The lowest BCUT2D eigenvalue weighted by Gasteiger charge is -2.09. The minimum absolute atomic E-state index is 0.0310. The van der Waals surface area contributed by atoms with E-state index in [1.807, 2.05) is 32.0 Å². The van der Waals surface area contributed by atoms with Crippen LogP contribution >= 0.6 is 0 Å². The predicted molar refractivity (Wildman–Crippen MR) is 71.6 cm³/mol. The lowest BCUT2D eigenvalue weighted by molar-refractivity contribution is -0.136. The average Bonchev–Trinajstić information content (AvgIpc) is 2.37. The molecule has 1 aromatic heterocycles. The van der Waals surface area contributed by atoms with Crippen molar-refractivity contribution in [3.63, 3.8) is 0 Å². The molecule has 0 aliphatic rings. The van der Waals surface area contributed by atoms with Crippen molar-refractivity contribution in [1.29, 1.82) is 0 Å². The number of carboxylic acid groups (broad SMARTS) is 1. The minimum atomic E-state index is -0.870. The Morgan fingerprint density at radius 2 is 2.05 bits per heavy atom. The van der Waals surface area contributed by atoms with E-state index in [0.29, 0.717) is 11.4 Å². The van der Waals surface area contributed by atoms with Gasteiger partial charge in [0.2, 0.25) is 5.88 Å². The second kappa shape index (κ2) is 5.52. The van der Waals surface area contributed by atoms with Crippen molar-refractivity contribution in [3.8, 4) is 11.6 Å². The first-order valence-corrected chi connectivity index (χ1v) is 5.97. The Bertz CT molecular complexity index is 591. The number of nitrogens with zero attached hydrogens (tertiary/aromatic N) is 1. The Morgan fingerprint density at radius 1 is 1.26 bits per heavy atom. The number of pyridine rings is 1. The summed E-state index contributed by atoms with van der Waals surface area (Å²) in [6, 6.07) is 9.22. The van der Waals surface area contributed by atoms with Gasteiger partial charge in [0.1, 0.15) is 5.75 Å². The molecule has 2 rings (SSSR count). The first-order chi connectivity index (χ1) is 9.06. The summed E-state index contributed by atoms with van der Waals surface area (Å²) in [6.07, 6.45) is 1.49. The standard InChI is InChI=1S/C15H15NO3/c1-10-4-3-5-13(11(10)2)19-14-7-6-12(9-16-14)8-15(17)18/h3-7,9H,8H2,1-2H3,(H,17,18). The molecule has 1 aromatic carbocycles. The molecule has 0 unspecified atom stereocenters. The normalized spacial score (nSPS) is 10.2. The highest BCUT2D eigenvalue weighted by molar-refractivity contribution is 5.70. The molecule has 0 atom stereocenters. The molecule has 0 saturated carbocycles. The molecule has 0 aliphatic carbocycles. The molecule has 0 spiro atoms. The Kier molecular flexibility index (Phi) is 3.80. The number of benzene rings is 1. The van der Waals surface area contributed by atoms with Crippen molar-refractivity contribution in [1.82, 2.24) is 4.98 Å². The van der Waals surface area contributed by atoms with Crippen LogP contribution in [0.3, 0.4) is 0 Å². The summed E-state index contributed by atoms with van der Waals surface area (Å²) in [4.78, 5) is 14.7. The van der Waals surface area contributed by atoms with Crippen LogP contribution in [0, 0.1) is 13.8 Å². The lowest BCUT2D eigenvalue weighted by Crippen LogP contribution is -2.00. The zero-order valence-electron chi connectivity index (χ0n) is 10.9. The third kappa shape index (κ3) is 3.31. The molecule has 0 bridgehead atoms. The monoisotopic (exact) mass is 257 g/mol. The van der Waals surface area contributed by atoms with Crippen LogP contribution in [0.4, 0.5) is 0 Å². The fourth-order valence-electron chi connectivity index (χ4n) is 1.70. The van der Waals surface area contributed by atoms with Crippen LogP contribution in [0.1, 0.15) is 16.7 Å². The molecule has 0 radical (unpaired) electrons. The number of hydrogen-bond acceptors (Lipinski definition) is 3. The smallest absolute Gasteiger partial charge is 0.307 e. The van der Waals surface area contributed by atoms with E-state index >= 15 is 0 Å². The van der Waals surface area contributed by atoms with E-state index < -0.39 is 5.97 Å². The highest BCUT2D eigenvalue weighted by Gasteiger charge is 2.05. The maximum absolute atomic E-state index is 10.6. The molecule has 2 aromatic rings. The molecule has 1 heterocycles. The number of rotatable bonds is 4. The van der Waals surface area contributed by atoms with Gasteiger partial charge in [0, 0.05) is 12.3 Å². The van der Waals surface area contributed by atoms with E-state index in [-0.39, 0.29) is 6.42 Å². The topological polar surface area (TPSA) is 59.4 Å². The first kappa shape index (κ1) is 13.1. The van der Waals surface area contributed by atoms with Crippen LogP contribution < -0.4 is 4.74 Å². The third-order valence-electron chi connectivity index (χ3n) is 2.92. The molecule has 0 aliphatic heterocycles. The molecule has 0 saturated heterocycles.